The van der Waals surface area contributed by atoms with Crippen LogP contribution < -0.4 is 0 Å². The van der Waals surface area contributed by atoms with E-state index in [1.165, 1.54) is 33.4 Å². The van der Waals surface area contributed by atoms with Crippen molar-refractivity contribution in [2.45, 2.75) is 125 Å². The fraction of sp³-hybridized carbons (Fsp3) is 0.311. The summed E-state index contributed by atoms with van der Waals surface area (Å²) >= 11 is 0. The zero-order chi connectivity index (χ0) is 46.7. The van der Waals surface area contributed by atoms with E-state index in [-0.39, 0.29) is 33.8 Å². The van der Waals surface area contributed by atoms with Crippen molar-refractivity contribution in [1.82, 2.24) is 14.5 Å². The van der Waals surface area contributed by atoms with E-state index >= 15 is 0 Å². The van der Waals surface area contributed by atoms with E-state index in [0.29, 0.717) is 5.82 Å². The maximum absolute atomic E-state index is 12.4. The number of aromatic nitrogens is 3. The Kier molecular flexibility index (Phi) is 11.8. The van der Waals surface area contributed by atoms with Crippen LogP contribution in [0.4, 0.5) is 0 Å². The number of aromatic hydroxyl groups is 1. The van der Waals surface area contributed by atoms with Crippen LogP contribution in [0.3, 0.4) is 0 Å². The standard InChI is InChI=1S/C61H67N3O/c1-37(2)43-33-51(38(3)4)57(65)52(34-43)58-63-56-50(44-30-45(32-48(31-44)61(12,13)14)53-35-42(28-29-62-53)40-20-18-39(5)19-21-40)16-15-17-54(56)64(58)55-36-47(60(9,10)11)26-27-49(55)41-22-24-46(25-23-41)59(6,7)8/h15-38,65H,1-14H3. The predicted molar refractivity (Wildman–Crippen MR) is 277 cm³/mol. The number of fused-ring (bicyclic) bond motifs is 1. The number of nitrogens with zero attached hydrogens (tertiary/aromatic N) is 3. The van der Waals surface area contributed by atoms with Crippen LogP contribution in [0.15, 0.2) is 134 Å². The first-order chi connectivity index (χ1) is 30.6. The molecule has 0 aliphatic heterocycles. The van der Waals surface area contributed by atoms with E-state index < -0.39 is 0 Å². The van der Waals surface area contributed by atoms with Crippen molar-refractivity contribution in [3.8, 4) is 67.5 Å². The molecule has 0 saturated carbocycles. The van der Waals surface area contributed by atoms with Gasteiger partial charge < -0.3 is 5.11 Å². The van der Waals surface area contributed by atoms with Crippen molar-refractivity contribution >= 4 is 11.0 Å². The van der Waals surface area contributed by atoms with Crippen LogP contribution in [-0.2, 0) is 16.2 Å². The molecule has 4 heteroatoms. The van der Waals surface area contributed by atoms with Crippen LogP contribution in [0.1, 0.15) is 135 Å². The van der Waals surface area contributed by atoms with E-state index in [0.717, 1.165) is 66.9 Å². The number of para-hydroxylation sites is 1. The molecule has 0 fully saturated rings. The van der Waals surface area contributed by atoms with Crippen LogP contribution in [0, 0.1) is 6.92 Å². The van der Waals surface area contributed by atoms with Gasteiger partial charge in [0.25, 0.3) is 0 Å². The first-order valence-corrected chi connectivity index (χ1v) is 23.4. The third-order valence-electron chi connectivity index (χ3n) is 13.1. The monoisotopic (exact) mass is 858 g/mol. The van der Waals surface area contributed by atoms with Gasteiger partial charge in [0, 0.05) is 22.9 Å². The molecule has 0 amide bonds. The zero-order valence-corrected chi connectivity index (χ0v) is 41.1. The average molecular weight is 858 g/mol. The Morgan fingerprint density at radius 2 is 1.14 bits per heavy atom. The van der Waals surface area contributed by atoms with Gasteiger partial charge in [0.1, 0.15) is 11.6 Å². The van der Waals surface area contributed by atoms with Crippen LogP contribution in [0.25, 0.3) is 72.7 Å². The number of benzene rings is 6. The number of phenolic OH excluding ortho intramolecular Hbond substituents is 1. The Hall–Kier alpha value is -6.26. The van der Waals surface area contributed by atoms with Crippen LogP contribution in [0.2, 0.25) is 0 Å². The minimum absolute atomic E-state index is 0.0266. The largest absolute Gasteiger partial charge is 0.507 e. The Morgan fingerprint density at radius 3 is 1.77 bits per heavy atom. The highest BCUT2D eigenvalue weighted by molar-refractivity contribution is 5.98. The summed E-state index contributed by atoms with van der Waals surface area (Å²) in [5.74, 6) is 1.35. The lowest BCUT2D eigenvalue weighted by Gasteiger charge is -2.24. The van der Waals surface area contributed by atoms with Gasteiger partial charge >= 0.3 is 0 Å². The van der Waals surface area contributed by atoms with Gasteiger partial charge in [-0.25, -0.2) is 4.98 Å². The molecule has 2 aromatic heterocycles. The minimum atomic E-state index is -0.140. The van der Waals surface area contributed by atoms with Gasteiger partial charge in [-0.15, -0.1) is 0 Å². The molecule has 0 aliphatic carbocycles. The fourth-order valence-electron chi connectivity index (χ4n) is 8.84. The lowest BCUT2D eigenvalue weighted by atomic mass is 9.83. The Bertz CT molecular complexity index is 3030. The molecule has 0 saturated heterocycles. The molecule has 0 spiro atoms. The Labute approximate surface area is 388 Å². The van der Waals surface area contributed by atoms with E-state index in [9.17, 15) is 5.11 Å². The van der Waals surface area contributed by atoms with Gasteiger partial charge in [-0.1, -0.05) is 181 Å². The summed E-state index contributed by atoms with van der Waals surface area (Å²) in [6.07, 6.45) is 1.92. The van der Waals surface area contributed by atoms with Crippen molar-refractivity contribution in [3.05, 3.63) is 167 Å². The summed E-state index contributed by atoms with van der Waals surface area (Å²) in [7, 11) is 0. The van der Waals surface area contributed by atoms with Gasteiger partial charge in [-0.3, -0.25) is 9.55 Å². The molecule has 1 N–H and O–H groups in total. The van der Waals surface area contributed by atoms with E-state index in [4.69, 9.17) is 9.97 Å². The maximum atomic E-state index is 12.4. The molecule has 2 heterocycles. The highest BCUT2D eigenvalue weighted by Gasteiger charge is 2.27. The fourth-order valence-corrected chi connectivity index (χ4v) is 8.84. The molecule has 0 atom stereocenters. The van der Waals surface area contributed by atoms with Crippen molar-refractivity contribution < 1.29 is 5.11 Å². The summed E-state index contributed by atoms with van der Waals surface area (Å²) in [6.45, 7) is 31.3. The second-order valence-corrected chi connectivity index (χ2v) is 21.9. The molecule has 0 radical (unpaired) electrons. The summed E-state index contributed by atoms with van der Waals surface area (Å²) in [6, 6.07) is 46.7. The molecule has 8 aromatic rings. The number of aryl methyl sites for hydroxylation is 1. The van der Waals surface area contributed by atoms with Crippen molar-refractivity contribution in [2.24, 2.45) is 0 Å². The average Bonchev–Trinajstić information content (AvgIpc) is 3.65. The third-order valence-corrected chi connectivity index (χ3v) is 13.1. The van der Waals surface area contributed by atoms with E-state index in [1.807, 2.05) is 6.20 Å². The van der Waals surface area contributed by atoms with E-state index in [1.54, 1.807) is 0 Å². The van der Waals surface area contributed by atoms with E-state index in [2.05, 4.69) is 229 Å². The van der Waals surface area contributed by atoms with Crippen molar-refractivity contribution in [3.63, 3.8) is 0 Å². The van der Waals surface area contributed by atoms with Gasteiger partial charge in [0.2, 0.25) is 0 Å². The van der Waals surface area contributed by atoms with Gasteiger partial charge in [0.15, 0.2) is 0 Å². The maximum Gasteiger partial charge on any atom is 0.149 e. The van der Waals surface area contributed by atoms with Crippen LogP contribution in [-0.4, -0.2) is 19.6 Å². The van der Waals surface area contributed by atoms with Gasteiger partial charge in [0.05, 0.1) is 28.0 Å². The quantitative estimate of drug-likeness (QED) is 0.166. The first kappa shape index (κ1) is 45.3. The second kappa shape index (κ2) is 16.9. The predicted octanol–water partition coefficient (Wildman–Crippen LogP) is 16.9. The van der Waals surface area contributed by atoms with Gasteiger partial charge in [-0.05, 0) is 128 Å². The second-order valence-electron chi connectivity index (χ2n) is 21.9. The van der Waals surface area contributed by atoms with Crippen molar-refractivity contribution in [2.75, 3.05) is 0 Å². The smallest absolute Gasteiger partial charge is 0.149 e. The normalized spacial score (nSPS) is 12.5. The highest BCUT2D eigenvalue weighted by Crippen LogP contribution is 2.45. The lowest BCUT2D eigenvalue weighted by molar-refractivity contribution is 0.466. The number of pyridine rings is 1. The Morgan fingerprint density at radius 1 is 0.508 bits per heavy atom. The number of rotatable bonds is 8. The summed E-state index contributed by atoms with van der Waals surface area (Å²) in [4.78, 5) is 10.7. The minimum Gasteiger partial charge on any atom is -0.507 e. The molecular weight excluding hydrogens is 791 g/mol. The molecule has 0 aliphatic rings. The molecular formula is C61H67N3O. The topological polar surface area (TPSA) is 50.9 Å². The molecule has 332 valence electrons. The Balaban J connectivity index is 1.45. The van der Waals surface area contributed by atoms with Crippen molar-refractivity contribution in [1.29, 1.82) is 0 Å². The zero-order valence-electron chi connectivity index (χ0n) is 41.1. The molecule has 0 bridgehead atoms. The third kappa shape index (κ3) is 9.06. The van der Waals surface area contributed by atoms with Gasteiger partial charge in [-0.2, -0.15) is 0 Å². The lowest BCUT2D eigenvalue weighted by Crippen LogP contribution is -2.13. The first-order valence-electron chi connectivity index (χ1n) is 23.4. The van der Waals surface area contributed by atoms with Crippen LogP contribution >= 0.6 is 0 Å². The van der Waals surface area contributed by atoms with Crippen LogP contribution in [0.5, 0.6) is 5.75 Å². The summed E-state index contributed by atoms with van der Waals surface area (Å²) in [5, 5.41) is 12.4. The SMILES string of the molecule is Cc1ccc(-c2ccnc(-c3cc(-c4cccc5c4nc(-c4cc(C(C)C)cc(C(C)C)c4O)n5-c4cc(C(C)(C)C)ccc4-c4ccc(C(C)(C)C)cc4)cc(C(C)(C)C)c3)c2)cc1. The molecule has 8 rings (SSSR count). The number of phenols is 1. The highest BCUT2D eigenvalue weighted by atomic mass is 16.3. The molecule has 0 unspecified atom stereocenters. The summed E-state index contributed by atoms with van der Waals surface area (Å²) < 4.78 is 2.32. The summed E-state index contributed by atoms with van der Waals surface area (Å²) in [5.41, 5.74) is 19.0. The molecule has 65 heavy (non-hydrogen) atoms. The molecule has 6 aromatic carbocycles. The number of imidazole rings is 1. The number of hydrogen-bond donors (Lipinski definition) is 1. The number of hydrogen-bond acceptors (Lipinski definition) is 3. The molecule has 4 nitrogen and oxygen atoms in total.